The lowest BCUT2D eigenvalue weighted by molar-refractivity contribution is -0.116. The van der Waals surface area contributed by atoms with Gasteiger partial charge in [0.1, 0.15) is 11.3 Å². The Morgan fingerprint density at radius 2 is 1.89 bits per heavy atom. The Morgan fingerprint density at radius 3 is 2.71 bits per heavy atom. The normalized spacial score (nSPS) is 10.8. The van der Waals surface area contributed by atoms with E-state index in [2.05, 4.69) is 15.6 Å². The minimum absolute atomic E-state index is 0.0241. The molecular weight excluding hydrogens is 352 g/mol. The molecular formula is C22H26N4O2. The lowest BCUT2D eigenvalue weighted by Gasteiger charge is -2.07. The van der Waals surface area contributed by atoms with E-state index in [0.717, 1.165) is 41.9 Å². The first-order valence-electron chi connectivity index (χ1n) is 9.63. The van der Waals surface area contributed by atoms with E-state index in [-0.39, 0.29) is 11.8 Å². The molecule has 0 saturated heterocycles. The van der Waals surface area contributed by atoms with Gasteiger partial charge in [-0.2, -0.15) is 0 Å². The summed E-state index contributed by atoms with van der Waals surface area (Å²) in [6.07, 6.45) is 4.83. The molecule has 3 rings (SSSR count). The standard InChI is InChI=1S/C22H26N4O2/c1-16-9-8-10-18(15-16)25-20(27)12-4-3-6-13-23-22(28)21-17(2)24-19-11-5-7-14-26(19)21/h5,7-11,14-15H,3-4,6,12-13H2,1-2H3,(H,23,28)(H,25,27). The van der Waals surface area contributed by atoms with Crippen molar-refractivity contribution in [2.45, 2.75) is 39.5 Å². The number of carbonyl (C=O) groups is 2. The van der Waals surface area contributed by atoms with E-state index in [1.54, 1.807) is 4.40 Å². The van der Waals surface area contributed by atoms with Gasteiger partial charge in [0, 0.05) is 24.8 Å². The van der Waals surface area contributed by atoms with Crippen LogP contribution in [0, 0.1) is 13.8 Å². The lowest BCUT2D eigenvalue weighted by atomic mass is 10.1. The molecule has 0 atom stereocenters. The Balaban J connectivity index is 1.37. The smallest absolute Gasteiger partial charge is 0.270 e. The van der Waals surface area contributed by atoms with E-state index in [9.17, 15) is 9.59 Å². The molecule has 146 valence electrons. The summed E-state index contributed by atoms with van der Waals surface area (Å²) in [5, 5.41) is 5.87. The molecule has 0 aliphatic heterocycles. The molecule has 6 heteroatoms. The highest BCUT2D eigenvalue weighted by Gasteiger charge is 2.15. The van der Waals surface area contributed by atoms with E-state index in [4.69, 9.17) is 0 Å². The largest absolute Gasteiger partial charge is 0.351 e. The number of carbonyl (C=O) groups excluding carboxylic acids is 2. The monoisotopic (exact) mass is 378 g/mol. The molecule has 1 aromatic carbocycles. The molecule has 0 aliphatic rings. The number of amides is 2. The van der Waals surface area contributed by atoms with Gasteiger partial charge < -0.3 is 10.6 Å². The van der Waals surface area contributed by atoms with Gasteiger partial charge in [-0.25, -0.2) is 4.98 Å². The van der Waals surface area contributed by atoms with Crippen LogP contribution in [0.15, 0.2) is 48.7 Å². The zero-order valence-corrected chi connectivity index (χ0v) is 16.4. The molecule has 0 spiro atoms. The third kappa shape index (κ3) is 4.97. The van der Waals surface area contributed by atoms with Crippen molar-refractivity contribution < 1.29 is 9.59 Å². The quantitative estimate of drug-likeness (QED) is 0.584. The van der Waals surface area contributed by atoms with E-state index in [1.165, 1.54) is 0 Å². The van der Waals surface area contributed by atoms with Crippen molar-refractivity contribution in [2.75, 3.05) is 11.9 Å². The highest BCUT2D eigenvalue weighted by molar-refractivity contribution is 5.94. The van der Waals surface area contributed by atoms with Crippen LogP contribution in [0.25, 0.3) is 5.65 Å². The van der Waals surface area contributed by atoms with Gasteiger partial charge in [0.15, 0.2) is 0 Å². The Hall–Kier alpha value is -3.15. The van der Waals surface area contributed by atoms with Crippen LogP contribution >= 0.6 is 0 Å². The van der Waals surface area contributed by atoms with Gasteiger partial charge in [-0.3, -0.25) is 14.0 Å². The zero-order valence-electron chi connectivity index (χ0n) is 16.4. The van der Waals surface area contributed by atoms with E-state index in [1.807, 2.05) is 62.5 Å². The molecule has 0 bridgehead atoms. The van der Waals surface area contributed by atoms with Gasteiger partial charge in [-0.15, -0.1) is 0 Å². The highest BCUT2D eigenvalue weighted by Crippen LogP contribution is 2.12. The van der Waals surface area contributed by atoms with Gasteiger partial charge in [0.05, 0.1) is 5.69 Å². The van der Waals surface area contributed by atoms with Crippen LogP contribution in [0.4, 0.5) is 5.69 Å². The number of anilines is 1. The molecule has 28 heavy (non-hydrogen) atoms. The summed E-state index contributed by atoms with van der Waals surface area (Å²) in [5.74, 6) is -0.0932. The second-order valence-corrected chi connectivity index (χ2v) is 6.96. The van der Waals surface area contributed by atoms with Gasteiger partial charge >= 0.3 is 0 Å². The molecule has 0 radical (unpaired) electrons. The maximum atomic E-state index is 12.5. The fraction of sp³-hybridized carbons (Fsp3) is 0.318. The molecule has 3 aromatic rings. The van der Waals surface area contributed by atoms with E-state index < -0.39 is 0 Å². The summed E-state index contributed by atoms with van der Waals surface area (Å²) >= 11 is 0. The first kappa shape index (κ1) is 19.6. The maximum Gasteiger partial charge on any atom is 0.270 e. The maximum absolute atomic E-state index is 12.5. The van der Waals surface area contributed by atoms with Crippen LogP contribution in [-0.4, -0.2) is 27.7 Å². The summed E-state index contributed by atoms with van der Waals surface area (Å²) in [6, 6.07) is 13.4. The van der Waals surface area contributed by atoms with Crippen molar-refractivity contribution in [1.29, 1.82) is 0 Å². The van der Waals surface area contributed by atoms with Crippen LogP contribution in [0.3, 0.4) is 0 Å². The number of imidazole rings is 1. The second kappa shape index (κ2) is 9.17. The topological polar surface area (TPSA) is 75.5 Å². The summed E-state index contributed by atoms with van der Waals surface area (Å²) < 4.78 is 1.81. The predicted molar refractivity (Wildman–Crippen MR) is 111 cm³/mol. The number of nitrogens with zero attached hydrogens (tertiary/aromatic N) is 2. The van der Waals surface area contributed by atoms with Crippen molar-refractivity contribution >= 4 is 23.1 Å². The van der Waals surface area contributed by atoms with Crippen LogP contribution in [0.5, 0.6) is 0 Å². The molecule has 0 aliphatic carbocycles. The van der Waals surface area contributed by atoms with Crippen LogP contribution in [0.2, 0.25) is 0 Å². The third-order valence-electron chi connectivity index (χ3n) is 4.59. The summed E-state index contributed by atoms with van der Waals surface area (Å²) in [7, 11) is 0. The van der Waals surface area contributed by atoms with E-state index >= 15 is 0 Å². The molecule has 6 nitrogen and oxygen atoms in total. The summed E-state index contributed by atoms with van der Waals surface area (Å²) in [4.78, 5) is 28.9. The Bertz CT molecular complexity index is 978. The SMILES string of the molecule is Cc1cccc(NC(=O)CCCCCNC(=O)c2c(C)nc3ccccn23)c1. The number of pyridine rings is 1. The number of benzene rings is 1. The number of hydrogen-bond donors (Lipinski definition) is 2. The Morgan fingerprint density at radius 1 is 1.04 bits per heavy atom. The van der Waals surface area contributed by atoms with E-state index in [0.29, 0.717) is 18.7 Å². The second-order valence-electron chi connectivity index (χ2n) is 6.96. The average molecular weight is 378 g/mol. The minimum Gasteiger partial charge on any atom is -0.351 e. The van der Waals surface area contributed by atoms with Gasteiger partial charge in [0.25, 0.3) is 5.91 Å². The fourth-order valence-corrected chi connectivity index (χ4v) is 3.21. The molecule has 2 heterocycles. The molecule has 0 saturated carbocycles. The predicted octanol–water partition coefficient (Wildman–Crippen LogP) is 3.88. The first-order chi connectivity index (χ1) is 13.5. The molecule has 0 unspecified atom stereocenters. The summed E-state index contributed by atoms with van der Waals surface area (Å²) in [6.45, 7) is 4.42. The third-order valence-corrected chi connectivity index (χ3v) is 4.59. The number of hydrogen-bond acceptors (Lipinski definition) is 3. The van der Waals surface area contributed by atoms with Crippen molar-refractivity contribution in [3.63, 3.8) is 0 Å². The van der Waals surface area contributed by atoms with Gasteiger partial charge in [-0.05, 0) is 56.5 Å². The molecule has 0 fully saturated rings. The van der Waals surface area contributed by atoms with Crippen LogP contribution in [-0.2, 0) is 4.79 Å². The molecule has 2 aromatic heterocycles. The summed E-state index contributed by atoms with van der Waals surface area (Å²) in [5.41, 5.74) is 4.02. The minimum atomic E-state index is -0.117. The number of rotatable bonds is 8. The Kier molecular flexibility index (Phi) is 6.42. The number of nitrogens with one attached hydrogen (secondary N) is 2. The first-order valence-corrected chi connectivity index (χ1v) is 9.63. The number of unbranched alkanes of at least 4 members (excludes halogenated alkanes) is 2. The fourth-order valence-electron chi connectivity index (χ4n) is 3.21. The number of fused-ring (bicyclic) bond motifs is 1. The van der Waals surface area contributed by atoms with Crippen molar-refractivity contribution in [3.8, 4) is 0 Å². The van der Waals surface area contributed by atoms with Gasteiger partial charge in [-0.1, -0.05) is 24.6 Å². The van der Waals surface area contributed by atoms with Crippen molar-refractivity contribution in [2.24, 2.45) is 0 Å². The van der Waals surface area contributed by atoms with Gasteiger partial charge in [0.2, 0.25) is 5.91 Å². The number of aryl methyl sites for hydroxylation is 2. The molecule has 2 amide bonds. The Labute approximate surface area is 165 Å². The van der Waals surface area contributed by atoms with Crippen molar-refractivity contribution in [3.05, 3.63) is 65.6 Å². The van der Waals surface area contributed by atoms with Crippen LogP contribution < -0.4 is 10.6 Å². The van der Waals surface area contributed by atoms with Crippen LogP contribution in [0.1, 0.15) is 47.4 Å². The lowest BCUT2D eigenvalue weighted by Crippen LogP contribution is -2.26. The molecule has 2 N–H and O–H groups in total. The highest BCUT2D eigenvalue weighted by atomic mass is 16.2. The average Bonchev–Trinajstić information content (AvgIpc) is 3.00. The zero-order chi connectivity index (χ0) is 19.9. The number of aromatic nitrogens is 2. The van der Waals surface area contributed by atoms with Crippen molar-refractivity contribution in [1.82, 2.24) is 14.7 Å².